The number of benzene rings is 1. The maximum atomic E-state index is 5.90. The first-order chi connectivity index (χ1) is 8.63. The Hall–Kier alpha value is -2.01. The van der Waals surface area contributed by atoms with Crippen LogP contribution in [-0.4, -0.2) is 14.8 Å². The second kappa shape index (κ2) is 4.03. The Kier molecular flexibility index (Phi) is 2.48. The van der Waals surface area contributed by atoms with E-state index in [0.29, 0.717) is 11.0 Å². The zero-order valence-electron chi connectivity index (χ0n) is 9.76. The van der Waals surface area contributed by atoms with Crippen molar-refractivity contribution in [1.29, 1.82) is 0 Å². The van der Waals surface area contributed by atoms with Crippen molar-refractivity contribution in [2.24, 2.45) is 0 Å². The molecular weight excluding hydrogens is 250 g/mol. The first kappa shape index (κ1) is 11.1. The van der Waals surface area contributed by atoms with Crippen LogP contribution in [0.4, 0.5) is 11.9 Å². The standard InChI is InChI=1S/C12H12ClN5/c1-7-6-10(8-2-4-9(13)5-3-8)18-12(15-7)16-11(14)17-18/h2-6,10H,1H3,(H3,14,15,16,17)/t10-/m0/s1. The molecule has 0 radical (unpaired) electrons. The number of nitrogens with zero attached hydrogens (tertiary/aromatic N) is 3. The second-order valence-electron chi connectivity index (χ2n) is 4.21. The number of hydrogen-bond acceptors (Lipinski definition) is 4. The van der Waals surface area contributed by atoms with Gasteiger partial charge in [0, 0.05) is 10.7 Å². The molecule has 92 valence electrons. The van der Waals surface area contributed by atoms with Crippen molar-refractivity contribution < 1.29 is 0 Å². The molecule has 0 saturated carbocycles. The van der Waals surface area contributed by atoms with Gasteiger partial charge in [-0.25, -0.2) is 4.68 Å². The van der Waals surface area contributed by atoms with Crippen molar-refractivity contribution in [3.05, 3.63) is 46.6 Å². The lowest BCUT2D eigenvalue weighted by molar-refractivity contribution is 0.605. The second-order valence-corrected chi connectivity index (χ2v) is 4.65. The molecule has 2 heterocycles. The van der Waals surface area contributed by atoms with Gasteiger partial charge in [-0.05, 0) is 30.7 Å². The van der Waals surface area contributed by atoms with Crippen molar-refractivity contribution >= 4 is 23.5 Å². The van der Waals surface area contributed by atoms with E-state index in [0.717, 1.165) is 11.3 Å². The van der Waals surface area contributed by atoms with Crippen LogP contribution >= 0.6 is 11.6 Å². The fourth-order valence-corrected chi connectivity index (χ4v) is 2.17. The van der Waals surface area contributed by atoms with Crippen molar-refractivity contribution in [2.75, 3.05) is 11.1 Å². The van der Waals surface area contributed by atoms with E-state index in [1.807, 2.05) is 31.2 Å². The predicted octanol–water partition coefficient (Wildman–Crippen LogP) is 2.43. The molecule has 0 amide bonds. The summed E-state index contributed by atoms with van der Waals surface area (Å²) >= 11 is 5.90. The normalized spacial score (nSPS) is 17.9. The van der Waals surface area contributed by atoms with Crippen molar-refractivity contribution in [1.82, 2.24) is 14.8 Å². The van der Waals surface area contributed by atoms with Crippen molar-refractivity contribution in [3.8, 4) is 0 Å². The maximum absolute atomic E-state index is 5.90. The SMILES string of the molecule is CC1=C[C@@H](c2ccc(Cl)cc2)n2nc(N)nc2N1. The smallest absolute Gasteiger partial charge is 0.241 e. The minimum absolute atomic E-state index is 0.0108. The molecule has 2 aromatic rings. The third-order valence-electron chi connectivity index (χ3n) is 2.84. The lowest BCUT2D eigenvalue weighted by atomic mass is 10.1. The molecule has 5 nitrogen and oxygen atoms in total. The number of nitrogen functional groups attached to an aromatic ring is 1. The third kappa shape index (κ3) is 1.82. The average Bonchev–Trinajstić information content (AvgIpc) is 2.69. The van der Waals surface area contributed by atoms with Crippen molar-refractivity contribution in [3.63, 3.8) is 0 Å². The van der Waals surface area contributed by atoms with Crippen LogP contribution in [0.5, 0.6) is 0 Å². The van der Waals surface area contributed by atoms with Crippen LogP contribution < -0.4 is 11.1 Å². The number of halogens is 1. The molecule has 1 aromatic carbocycles. The number of rotatable bonds is 1. The molecule has 1 aliphatic rings. The van der Waals surface area contributed by atoms with Gasteiger partial charge in [0.15, 0.2) is 0 Å². The molecule has 0 saturated heterocycles. The Balaban J connectivity index is 2.09. The van der Waals surface area contributed by atoms with E-state index in [2.05, 4.69) is 21.5 Å². The van der Waals surface area contributed by atoms with E-state index in [-0.39, 0.29) is 12.0 Å². The molecule has 1 aliphatic heterocycles. The summed E-state index contributed by atoms with van der Waals surface area (Å²) < 4.78 is 1.77. The molecule has 0 aliphatic carbocycles. The summed E-state index contributed by atoms with van der Waals surface area (Å²) in [5.74, 6) is 0.923. The highest BCUT2D eigenvalue weighted by atomic mass is 35.5. The van der Waals surface area contributed by atoms with Crippen LogP contribution in [0.25, 0.3) is 0 Å². The van der Waals surface area contributed by atoms with Crippen LogP contribution in [0, 0.1) is 0 Å². The zero-order chi connectivity index (χ0) is 12.7. The van der Waals surface area contributed by atoms with E-state index in [9.17, 15) is 0 Å². The maximum Gasteiger partial charge on any atom is 0.241 e. The first-order valence-corrected chi connectivity index (χ1v) is 5.94. The highest BCUT2D eigenvalue weighted by Gasteiger charge is 2.22. The number of nitrogens with one attached hydrogen (secondary N) is 1. The molecule has 3 rings (SSSR count). The van der Waals surface area contributed by atoms with Crippen LogP contribution in [0.1, 0.15) is 18.5 Å². The van der Waals surface area contributed by atoms with Crippen LogP contribution in [-0.2, 0) is 0 Å². The summed E-state index contributed by atoms with van der Waals surface area (Å²) in [5.41, 5.74) is 7.75. The van der Waals surface area contributed by atoms with Crippen LogP contribution in [0.15, 0.2) is 36.0 Å². The Morgan fingerprint density at radius 2 is 2.06 bits per heavy atom. The summed E-state index contributed by atoms with van der Waals surface area (Å²) in [6.07, 6.45) is 2.07. The fourth-order valence-electron chi connectivity index (χ4n) is 2.04. The highest BCUT2D eigenvalue weighted by Crippen LogP contribution is 2.29. The fraction of sp³-hybridized carbons (Fsp3) is 0.167. The highest BCUT2D eigenvalue weighted by molar-refractivity contribution is 6.30. The van der Waals surface area contributed by atoms with Gasteiger partial charge in [0.2, 0.25) is 11.9 Å². The number of fused-ring (bicyclic) bond motifs is 1. The predicted molar refractivity (Wildman–Crippen MR) is 71.4 cm³/mol. The Morgan fingerprint density at radius 3 is 2.78 bits per heavy atom. The summed E-state index contributed by atoms with van der Waals surface area (Å²) in [6, 6.07) is 7.67. The van der Waals surface area contributed by atoms with Crippen LogP contribution in [0.3, 0.4) is 0 Å². The molecule has 18 heavy (non-hydrogen) atoms. The van der Waals surface area contributed by atoms with Gasteiger partial charge in [-0.1, -0.05) is 23.7 Å². The monoisotopic (exact) mass is 261 g/mol. The number of aromatic nitrogens is 3. The Bertz CT molecular complexity index is 614. The topological polar surface area (TPSA) is 68.8 Å². The van der Waals surface area contributed by atoms with Gasteiger partial charge in [0.25, 0.3) is 0 Å². The van der Waals surface area contributed by atoms with Gasteiger partial charge in [-0.15, -0.1) is 5.10 Å². The van der Waals surface area contributed by atoms with Crippen LogP contribution in [0.2, 0.25) is 5.02 Å². The molecule has 1 atom stereocenters. The summed E-state index contributed by atoms with van der Waals surface area (Å²) in [7, 11) is 0. The van der Waals surface area contributed by atoms with Gasteiger partial charge in [0.05, 0.1) is 0 Å². The largest absolute Gasteiger partial charge is 0.366 e. The summed E-state index contributed by atoms with van der Waals surface area (Å²) in [5, 5.41) is 8.06. The van der Waals surface area contributed by atoms with E-state index in [4.69, 9.17) is 17.3 Å². The van der Waals surface area contributed by atoms with Gasteiger partial charge in [-0.2, -0.15) is 4.98 Å². The Labute approximate surface area is 109 Å². The van der Waals surface area contributed by atoms with Gasteiger partial charge in [0.1, 0.15) is 6.04 Å². The Morgan fingerprint density at radius 1 is 1.33 bits per heavy atom. The summed E-state index contributed by atoms with van der Waals surface area (Å²) in [4.78, 5) is 4.15. The first-order valence-electron chi connectivity index (χ1n) is 5.56. The number of anilines is 2. The van der Waals surface area contributed by atoms with Gasteiger partial charge >= 0.3 is 0 Å². The molecule has 0 bridgehead atoms. The van der Waals surface area contributed by atoms with Crippen molar-refractivity contribution in [2.45, 2.75) is 13.0 Å². The molecule has 6 heteroatoms. The van der Waals surface area contributed by atoms with Gasteiger partial charge in [-0.3, -0.25) is 0 Å². The lowest BCUT2D eigenvalue weighted by Gasteiger charge is -2.22. The number of allylic oxidation sites excluding steroid dienone is 2. The molecule has 0 spiro atoms. The molecule has 0 fully saturated rings. The van der Waals surface area contributed by atoms with E-state index >= 15 is 0 Å². The lowest BCUT2D eigenvalue weighted by Crippen LogP contribution is -2.19. The molecule has 3 N–H and O–H groups in total. The molecular formula is C12H12ClN5. The molecule has 1 aromatic heterocycles. The number of nitrogens with two attached hydrogens (primary N) is 1. The number of hydrogen-bond donors (Lipinski definition) is 2. The third-order valence-corrected chi connectivity index (χ3v) is 3.09. The zero-order valence-corrected chi connectivity index (χ0v) is 10.5. The quantitative estimate of drug-likeness (QED) is 0.827. The minimum Gasteiger partial charge on any atom is -0.366 e. The summed E-state index contributed by atoms with van der Waals surface area (Å²) in [6.45, 7) is 1.98. The van der Waals surface area contributed by atoms with E-state index in [1.165, 1.54) is 0 Å². The van der Waals surface area contributed by atoms with E-state index in [1.54, 1.807) is 4.68 Å². The minimum atomic E-state index is -0.0108. The molecule has 0 unspecified atom stereocenters. The average molecular weight is 262 g/mol. The van der Waals surface area contributed by atoms with E-state index < -0.39 is 0 Å². The van der Waals surface area contributed by atoms with Gasteiger partial charge < -0.3 is 11.1 Å².